The lowest BCUT2D eigenvalue weighted by Crippen LogP contribution is -2.26. The minimum Gasteiger partial charge on any atom is -0.476 e. The quantitative estimate of drug-likeness (QED) is 0.476. The lowest BCUT2D eigenvalue weighted by Gasteiger charge is -2.14. The third-order valence-electron chi connectivity index (χ3n) is 5.50. The van der Waals surface area contributed by atoms with Gasteiger partial charge >= 0.3 is 12.1 Å². The molecular weight excluding hydrogens is 406 g/mol. The van der Waals surface area contributed by atoms with Crippen molar-refractivity contribution in [3.8, 4) is 23.0 Å². The number of carboxylic acid groups (broad SMARTS) is 1. The second kappa shape index (κ2) is 8.98. The smallest absolute Gasteiger partial charge is 0.407 e. The Bertz CT molecular complexity index is 1200. The van der Waals surface area contributed by atoms with Crippen molar-refractivity contribution in [3.63, 3.8) is 0 Å². The molecule has 0 fully saturated rings. The topological polar surface area (TPSA) is 93.5 Å². The number of aromatic nitrogens is 2. The van der Waals surface area contributed by atoms with Gasteiger partial charge in [0.2, 0.25) is 0 Å². The van der Waals surface area contributed by atoms with Crippen LogP contribution in [-0.2, 0) is 11.8 Å². The standard InChI is InChI=1S/C25H23N3O4/c1-16-17(23(24(29)30)28(2)27-16)9-7-8-14-26-25(31)32-15-22-20-12-5-3-10-18(20)19-11-4-6-13-21(19)22/h3-6,10-13,22H,8,14-15H2,1-2H3,(H,26,31)(H,29,30). The van der Waals surface area contributed by atoms with Crippen LogP contribution in [0.5, 0.6) is 0 Å². The second-order valence-electron chi connectivity index (χ2n) is 7.54. The number of carbonyl (C=O) groups excluding carboxylic acids is 1. The number of fused-ring (bicyclic) bond motifs is 3. The van der Waals surface area contributed by atoms with Gasteiger partial charge in [-0.2, -0.15) is 5.10 Å². The molecule has 1 heterocycles. The summed E-state index contributed by atoms with van der Waals surface area (Å²) in [6, 6.07) is 16.3. The van der Waals surface area contributed by atoms with Crippen molar-refractivity contribution in [2.45, 2.75) is 19.3 Å². The Hall–Kier alpha value is -4.05. The van der Waals surface area contributed by atoms with Crippen LogP contribution in [0.3, 0.4) is 0 Å². The van der Waals surface area contributed by atoms with Crippen molar-refractivity contribution in [1.82, 2.24) is 15.1 Å². The SMILES string of the molecule is Cc1nn(C)c(C(=O)O)c1C#CCCNC(=O)OCC1c2ccccc2-c2ccccc21. The molecule has 0 aliphatic heterocycles. The summed E-state index contributed by atoms with van der Waals surface area (Å²) in [6.45, 7) is 2.26. The molecule has 2 aromatic carbocycles. The molecule has 0 radical (unpaired) electrons. The maximum absolute atomic E-state index is 12.2. The Morgan fingerprint density at radius 2 is 1.75 bits per heavy atom. The predicted octanol–water partition coefficient (Wildman–Crippen LogP) is 3.71. The van der Waals surface area contributed by atoms with Crippen molar-refractivity contribution < 1.29 is 19.4 Å². The fourth-order valence-electron chi connectivity index (χ4n) is 4.08. The second-order valence-corrected chi connectivity index (χ2v) is 7.54. The van der Waals surface area contributed by atoms with Crippen molar-refractivity contribution in [1.29, 1.82) is 0 Å². The molecule has 1 amide bonds. The summed E-state index contributed by atoms with van der Waals surface area (Å²) >= 11 is 0. The number of hydrogen-bond acceptors (Lipinski definition) is 4. The van der Waals surface area contributed by atoms with Crippen LogP contribution in [-0.4, -0.2) is 40.1 Å². The molecule has 2 N–H and O–H groups in total. The Morgan fingerprint density at radius 3 is 2.38 bits per heavy atom. The molecule has 0 unspecified atom stereocenters. The highest BCUT2D eigenvalue weighted by atomic mass is 16.5. The highest BCUT2D eigenvalue weighted by Gasteiger charge is 2.28. The number of carbonyl (C=O) groups is 2. The van der Waals surface area contributed by atoms with Crippen LogP contribution in [0.2, 0.25) is 0 Å². The van der Waals surface area contributed by atoms with Gasteiger partial charge in [0.1, 0.15) is 6.61 Å². The van der Waals surface area contributed by atoms with Crippen molar-refractivity contribution >= 4 is 12.1 Å². The zero-order valence-corrected chi connectivity index (χ0v) is 17.9. The zero-order chi connectivity index (χ0) is 22.7. The minimum absolute atomic E-state index is 0.0101. The number of aromatic carboxylic acids is 1. The molecule has 7 heteroatoms. The number of carboxylic acids is 1. The molecule has 3 aromatic rings. The molecule has 0 spiro atoms. The number of aryl methyl sites for hydroxylation is 2. The van der Waals surface area contributed by atoms with E-state index < -0.39 is 12.1 Å². The minimum atomic E-state index is -1.07. The molecule has 1 aliphatic carbocycles. The van der Waals surface area contributed by atoms with Gasteiger partial charge in [-0.15, -0.1) is 0 Å². The maximum Gasteiger partial charge on any atom is 0.407 e. The predicted molar refractivity (Wildman–Crippen MR) is 119 cm³/mol. The van der Waals surface area contributed by atoms with Gasteiger partial charge in [-0.05, 0) is 29.2 Å². The Balaban J connectivity index is 1.31. The average molecular weight is 429 g/mol. The lowest BCUT2D eigenvalue weighted by atomic mass is 9.98. The van der Waals surface area contributed by atoms with E-state index in [4.69, 9.17) is 4.74 Å². The third kappa shape index (κ3) is 4.08. The van der Waals surface area contributed by atoms with Gasteiger partial charge in [0.15, 0.2) is 5.69 Å². The molecule has 0 bridgehead atoms. The monoisotopic (exact) mass is 429 g/mol. The van der Waals surface area contributed by atoms with Gasteiger partial charge in [-0.1, -0.05) is 60.4 Å². The number of hydrogen-bond donors (Lipinski definition) is 2. The third-order valence-corrected chi connectivity index (χ3v) is 5.50. The van der Waals surface area contributed by atoms with E-state index in [1.807, 2.05) is 24.3 Å². The normalized spacial score (nSPS) is 11.8. The first-order valence-electron chi connectivity index (χ1n) is 10.3. The summed E-state index contributed by atoms with van der Waals surface area (Å²) in [6.07, 6.45) is -0.144. The highest BCUT2D eigenvalue weighted by Crippen LogP contribution is 2.44. The fraction of sp³-hybridized carbons (Fsp3) is 0.240. The molecule has 1 aliphatic rings. The van der Waals surface area contributed by atoms with E-state index in [0.717, 1.165) is 11.1 Å². The van der Waals surface area contributed by atoms with E-state index in [2.05, 4.69) is 46.5 Å². The van der Waals surface area contributed by atoms with E-state index >= 15 is 0 Å². The van der Waals surface area contributed by atoms with Crippen molar-refractivity contribution in [2.75, 3.05) is 13.2 Å². The van der Waals surface area contributed by atoms with Gasteiger partial charge < -0.3 is 15.2 Å². The molecule has 1 aromatic heterocycles. The number of amides is 1. The van der Waals surface area contributed by atoms with Gasteiger partial charge in [0.25, 0.3) is 0 Å². The Labute approximate surface area is 186 Å². The van der Waals surface area contributed by atoms with Crippen molar-refractivity contribution in [2.24, 2.45) is 7.05 Å². The van der Waals surface area contributed by atoms with Crippen LogP contribution in [0.15, 0.2) is 48.5 Å². The maximum atomic E-state index is 12.2. The number of rotatable bonds is 5. The first-order valence-corrected chi connectivity index (χ1v) is 10.3. The van der Waals surface area contributed by atoms with E-state index in [9.17, 15) is 14.7 Å². The average Bonchev–Trinajstić information content (AvgIpc) is 3.25. The van der Waals surface area contributed by atoms with Crippen LogP contribution in [0, 0.1) is 18.8 Å². The summed E-state index contributed by atoms with van der Waals surface area (Å²) in [4.78, 5) is 23.6. The van der Waals surface area contributed by atoms with Crippen LogP contribution in [0.25, 0.3) is 11.1 Å². The van der Waals surface area contributed by atoms with E-state index in [1.54, 1.807) is 14.0 Å². The molecular formula is C25H23N3O4. The van der Waals surface area contributed by atoms with Gasteiger partial charge in [-0.25, -0.2) is 9.59 Å². The summed E-state index contributed by atoms with van der Waals surface area (Å²) in [5, 5.41) is 16.1. The number of ether oxygens (including phenoxy) is 1. The molecule has 0 saturated heterocycles. The zero-order valence-electron chi connectivity index (χ0n) is 17.9. The highest BCUT2D eigenvalue weighted by molar-refractivity contribution is 5.89. The Morgan fingerprint density at radius 1 is 1.12 bits per heavy atom. The van der Waals surface area contributed by atoms with Crippen molar-refractivity contribution in [3.05, 3.63) is 76.6 Å². The fourth-order valence-corrected chi connectivity index (χ4v) is 4.08. The van der Waals surface area contributed by atoms with Gasteiger partial charge in [0.05, 0.1) is 11.3 Å². The van der Waals surface area contributed by atoms with E-state index in [-0.39, 0.29) is 18.2 Å². The number of alkyl carbamates (subject to hydrolysis) is 1. The Kier molecular flexibility index (Phi) is 5.95. The number of nitrogens with one attached hydrogen (secondary N) is 1. The van der Waals surface area contributed by atoms with E-state index in [1.165, 1.54) is 15.8 Å². The van der Waals surface area contributed by atoms with Crippen LogP contribution < -0.4 is 5.32 Å². The van der Waals surface area contributed by atoms with Crippen LogP contribution in [0.4, 0.5) is 4.79 Å². The van der Waals surface area contributed by atoms with Crippen LogP contribution in [0.1, 0.15) is 45.2 Å². The summed E-state index contributed by atoms with van der Waals surface area (Å²) in [5.41, 5.74) is 5.68. The largest absolute Gasteiger partial charge is 0.476 e. The number of benzene rings is 2. The first-order chi connectivity index (χ1) is 15.5. The molecule has 7 nitrogen and oxygen atoms in total. The van der Waals surface area contributed by atoms with Gasteiger partial charge in [-0.3, -0.25) is 4.68 Å². The van der Waals surface area contributed by atoms with Crippen LogP contribution >= 0.6 is 0 Å². The molecule has 0 saturated carbocycles. The summed E-state index contributed by atoms with van der Waals surface area (Å²) in [7, 11) is 1.57. The summed E-state index contributed by atoms with van der Waals surface area (Å²) < 4.78 is 6.79. The van der Waals surface area contributed by atoms with Gasteiger partial charge in [0, 0.05) is 25.9 Å². The summed E-state index contributed by atoms with van der Waals surface area (Å²) in [5.74, 6) is 4.68. The molecule has 162 valence electrons. The lowest BCUT2D eigenvalue weighted by molar-refractivity contribution is 0.0684. The first kappa shape index (κ1) is 21.2. The molecule has 4 rings (SSSR count). The number of nitrogens with zero attached hydrogens (tertiary/aromatic N) is 2. The molecule has 32 heavy (non-hydrogen) atoms. The molecule has 0 atom stereocenters. The van der Waals surface area contributed by atoms with E-state index in [0.29, 0.717) is 24.2 Å².